The van der Waals surface area contributed by atoms with Crippen molar-refractivity contribution in [3.8, 4) is 5.75 Å². The van der Waals surface area contributed by atoms with Crippen molar-refractivity contribution in [2.75, 3.05) is 0 Å². The van der Waals surface area contributed by atoms with Gasteiger partial charge in [-0.15, -0.1) is 0 Å². The smallest absolute Gasteiger partial charge is 0.328 e. The van der Waals surface area contributed by atoms with Gasteiger partial charge in [0.1, 0.15) is 11.3 Å². The highest BCUT2D eigenvalue weighted by atomic mass is 16.3. The first-order valence-corrected chi connectivity index (χ1v) is 4.73. The molecule has 0 bridgehead atoms. The Morgan fingerprint density at radius 2 is 1.47 bits per heavy atom. The highest BCUT2D eigenvalue weighted by molar-refractivity contribution is 6.31. The van der Waals surface area contributed by atoms with Crippen LogP contribution in [0.15, 0.2) is 29.8 Å². The minimum absolute atomic E-state index is 0.0832. The van der Waals surface area contributed by atoms with Crippen LogP contribution in [-0.4, -0.2) is 23.0 Å². The highest BCUT2D eigenvalue weighted by Crippen LogP contribution is 2.13. The van der Waals surface area contributed by atoms with Gasteiger partial charge in [-0.25, -0.2) is 4.79 Å². The van der Waals surface area contributed by atoms with Gasteiger partial charge in [-0.3, -0.25) is 20.2 Å². The first-order valence-electron chi connectivity index (χ1n) is 4.73. The van der Waals surface area contributed by atoms with Gasteiger partial charge in [-0.2, -0.15) is 0 Å². The largest absolute Gasteiger partial charge is 0.508 e. The van der Waals surface area contributed by atoms with Gasteiger partial charge in [0, 0.05) is 0 Å². The van der Waals surface area contributed by atoms with Crippen LogP contribution in [0, 0.1) is 0 Å². The maximum absolute atomic E-state index is 11.4. The lowest BCUT2D eigenvalue weighted by Crippen LogP contribution is -2.51. The summed E-state index contributed by atoms with van der Waals surface area (Å²) in [4.78, 5) is 33.6. The molecule has 17 heavy (non-hydrogen) atoms. The lowest BCUT2D eigenvalue weighted by molar-refractivity contribution is -0.123. The second-order valence-corrected chi connectivity index (χ2v) is 3.39. The third-order valence-electron chi connectivity index (χ3n) is 2.15. The van der Waals surface area contributed by atoms with E-state index in [2.05, 4.69) is 0 Å². The minimum atomic E-state index is -0.831. The van der Waals surface area contributed by atoms with Gasteiger partial charge in [0.05, 0.1) is 0 Å². The molecule has 1 heterocycles. The predicted octanol–water partition coefficient (Wildman–Crippen LogP) is 0.142. The van der Waals surface area contributed by atoms with Crippen molar-refractivity contribution >= 4 is 23.9 Å². The lowest BCUT2D eigenvalue weighted by Gasteiger charge is -2.13. The average molecular weight is 232 g/mol. The fourth-order valence-corrected chi connectivity index (χ4v) is 1.34. The van der Waals surface area contributed by atoms with E-state index < -0.39 is 17.8 Å². The van der Waals surface area contributed by atoms with Crippen LogP contribution >= 0.6 is 0 Å². The van der Waals surface area contributed by atoms with Gasteiger partial charge < -0.3 is 5.11 Å². The van der Waals surface area contributed by atoms with Gasteiger partial charge in [0.2, 0.25) is 0 Å². The number of carbonyl (C=O) groups excluding carboxylic acids is 3. The zero-order valence-electron chi connectivity index (χ0n) is 8.56. The summed E-state index contributed by atoms with van der Waals surface area (Å²) in [6, 6.07) is 5.10. The number of barbiturate groups is 1. The lowest BCUT2D eigenvalue weighted by atomic mass is 10.1. The number of rotatable bonds is 1. The number of phenols is 1. The number of carbonyl (C=O) groups is 3. The summed E-state index contributed by atoms with van der Waals surface area (Å²) in [5, 5.41) is 13.0. The van der Waals surface area contributed by atoms with Gasteiger partial charge in [-0.1, -0.05) is 12.1 Å². The molecule has 2 rings (SSSR count). The van der Waals surface area contributed by atoms with E-state index in [1.54, 1.807) is 12.1 Å². The Kier molecular flexibility index (Phi) is 2.61. The van der Waals surface area contributed by atoms with Crippen molar-refractivity contribution in [1.29, 1.82) is 0 Å². The zero-order chi connectivity index (χ0) is 12.4. The monoisotopic (exact) mass is 232 g/mol. The number of urea groups is 1. The van der Waals surface area contributed by atoms with Gasteiger partial charge in [0.15, 0.2) is 0 Å². The second kappa shape index (κ2) is 4.09. The van der Waals surface area contributed by atoms with E-state index in [-0.39, 0.29) is 11.3 Å². The van der Waals surface area contributed by atoms with E-state index in [1.165, 1.54) is 18.2 Å². The molecule has 86 valence electrons. The van der Waals surface area contributed by atoms with Crippen molar-refractivity contribution in [2.45, 2.75) is 0 Å². The number of imide groups is 2. The van der Waals surface area contributed by atoms with E-state index in [0.717, 1.165) is 0 Å². The Morgan fingerprint density at radius 3 is 2.00 bits per heavy atom. The molecule has 0 aliphatic carbocycles. The SMILES string of the molecule is O=C1NC(=O)C(=Cc2ccc(O)cc2)C(=O)N1. The number of nitrogens with one attached hydrogen (secondary N) is 2. The summed E-state index contributed by atoms with van der Waals surface area (Å²) in [7, 11) is 0. The minimum Gasteiger partial charge on any atom is -0.508 e. The third-order valence-corrected chi connectivity index (χ3v) is 2.15. The zero-order valence-corrected chi connectivity index (χ0v) is 8.56. The fraction of sp³-hybridized carbons (Fsp3) is 0. The number of hydrogen-bond donors (Lipinski definition) is 3. The van der Waals surface area contributed by atoms with Crippen LogP contribution in [0.4, 0.5) is 4.79 Å². The van der Waals surface area contributed by atoms with Crippen LogP contribution in [0.2, 0.25) is 0 Å². The van der Waals surface area contributed by atoms with Crippen LogP contribution in [0.3, 0.4) is 0 Å². The number of aromatic hydroxyl groups is 1. The number of amides is 4. The molecule has 0 aromatic heterocycles. The van der Waals surface area contributed by atoms with E-state index in [0.29, 0.717) is 5.56 Å². The maximum atomic E-state index is 11.4. The van der Waals surface area contributed by atoms with Crippen molar-refractivity contribution in [2.24, 2.45) is 0 Å². The Morgan fingerprint density at radius 1 is 0.941 bits per heavy atom. The summed E-state index contributed by atoms with van der Waals surface area (Å²) in [6.07, 6.45) is 1.33. The van der Waals surface area contributed by atoms with Crippen molar-refractivity contribution in [3.63, 3.8) is 0 Å². The molecule has 1 aromatic rings. The van der Waals surface area contributed by atoms with Crippen molar-refractivity contribution < 1.29 is 19.5 Å². The number of benzene rings is 1. The molecule has 1 aliphatic rings. The Labute approximate surface area is 95.9 Å². The molecule has 1 aliphatic heterocycles. The van der Waals surface area contributed by atoms with E-state index in [9.17, 15) is 14.4 Å². The molecule has 0 saturated carbocycles. The van der Waals surface area contributed by atoms with E-state index in [1.807, 2.05) is 10.6 Å². The first kappa shape index (κ1) is 10.9. The van der Waals surface area contributed by atoms with Crippen LogP contribution in [0.5, 0.6) is 5.75 Å². The van der Waals surface area contributed by atoms with Crippen LogP contribution in [0.25, 0.3) is 6.08 Å². The molecule has 0 unspecified atom stereocenters. The summed E-state index contributed by atoms with van der Waals surface area (Å²) < 4.78 is 0. The van der Waals surface area contributed by atoms with Crippen molar-refractivity contribution in [3.05, 3.63) is 35.4 Å². The van der Waals surface area contributed by atoms with E-state index in [4.69, 9.17) is 5.11 Å². The molecule has 1 fully saturated rings. The molecule has 0 atom stereocenters. The highest BCUT2D eigenvalue weighted by Gasteiger charge is 2.27. The summed E-state index contributed by atoms with van der Waals surface area (Å²) in [5.74, 6) is -1.40. The molecular weight excluding hydrogens is 224 g/mol. The van der Waals surface area contributed by atoms with Crippen LogP contribution < -0.4 is 10.6 Å². The molecular formula is C11H8N2O4. The van der Waals surface area contributed by atoms with Gasteiger partial charge in [-0.05, 0) is 23.8 Å². The molecule has 6 heteroatoms. The molecule has 6 nitrogen and oxygen atoms in total. The molecule has 0 radical (unpaired) electrons. The van der Waals surface area contributed by atoms with Crippen LogP contribution in [0.1, 0.15) is 5.56 Å². The van der Waals surface area contributed by atoms with Crippen molar-refractivity contribution in [1.82, 2.24) is 10.6 Å². The van der Waals surface area contributed by atoms with Gasteiger partial charge >= 0.3 is 6.03 Å². The second-order valence-electron chi connectivity index (χ2n) is 3.39. The quantitative estimate of drug-likeness (QED) is 0.474. The molecule has 1 saturated heterocycles. The first-order chi connectivity index (χ1) is 8.06. The predicted molar refractivity (Wildman–Crippen MR) is 57.8 cm³/mol. The summed E-state index contributed by atoms with van der Waals surface area (Å²) >= 11 is 0. The van der Waals surface area contributed by atoms with Crippen LogP contribution in [-0.2, 0) is 9.59 Å². The standard InChI is InChI=1S/C11H8N2O4/c14-7-3-1-6(2-4-7)5-8-9(15)12-11(17)13-10(8)16/h1-5,14H,(H2,12,13,15,16,17). The van der Waals surface area contributed by atoms with E-state index >= 15 is 0 Å². The third kappa shape index (κ3) is 2.31. The average Bonchev–Trinajstić information content (AvgIpc) is 2.26. The molecule has 4 amide bonds. The Hall–Kier alpha value is -2.63. The normalized spacial score (nSPS) is 15.3. The summed E-state index contributed by atoms with van der Waals surface area (Å²) in [6.45, 7) is 0. The molecule has 3 N–H and O–H groups in total. The Balaban J connectivity index is 2.32. The topological polar surface area (TPSA) is 95.5 Å². The molecule has 1 aromatic carbocycles. The fourth-order valence-electron chi connectivity index (χ4n) is 1.34. The summed E-state index contributed by atoms with van der Waals surface area (Å²) in [5.41, 5.74) is 0.410. The maximum Gasteiger partial charge on any atom is 0.328 e. The molecule has 0 spiro atoms. The Bertz CT molecular complexity index is 509. The van der Waals surface area contributed by atoms with Gasteiger partial charge in [0.25, 0.3) is 11.8 Å². The number of hydrogen-bond acceptors (Lipinski definition) is 4. The number of phenolic OH excluding ortho intramolecular Hbond substituents is 1.